The number of nitrogens with two attached hydrogens (primary N) is 1. The van der Waals surface area contributed by atoms with E-state index in [0.29, 0.717) is 0 Å². The van der Waals surface area contributed by atoms with E-state index in [-0.39, 0.29) is 0 Å². The Morgan fingerprint density at radius 3 is 2.69 bits per heavy atom. The summed E-state index contributed by atoms with van der Waals surface area (Å²) in [5.74, 6) is 1.60. The predicted octanol–water partition coefficient (Wildman–Crippen LogP) is 1.27. The number of rotatable bonds is 3. The van der Waals surface area contributed by atoms with Gasteiger partial charge in [0.05, 0.1) is 0 Å². The average Bonchev–Trinajstić information content (AvgIpc) is 2.65. The normalized spacial score (nSPS) is 20.4. The first-order chi connectivity index (χ1) is 7.69. The minimum Gasteiger partial charge on any atom is -0.341 e. The van der Waals surface area contributed by atoms with E-state index in [9.17, 15) is 0 Å². The van der Waals surface area contributed by atoms with Gasteiger partial charge in [-0.05, 0) is 45.2 Å². The van der Waals surface area contributed by atoms with Crippen LogP contribution in [0.3, 0.4) is 0 Å². The second-order valence-electron chi connectivity index (χ2n) is 4.63. The molecule has 1 aliphatic rings. The van der Waals surface area contributed by atoms with Crippen LogP contribution >= 0.6 is 0 Å². The van der Waals surface area contributed by atoms with Gasteiger partial charge < -0.3 is 10.6 Å². The molecular weight excluding hydrogens is 200 g/mol. The summed E-state index contributed by atoms with van der Waals surface area (Å²) in [6, 6.07) is 2.01. The highest BCUT2D eigenvalue weighted by Gasteiger charge is 2.23. The number of aryl methyl sites for hydroxylation is 2. The topological polar surface area (TPSA) is 55.0 Å². The molecule has 1 aromatic rings. The molecular formula is C12H20N4. The summed E-state index contributed by atoms with van der Waals surface area (Å²) in [5.41, 5.74) is 7.68. The third-order valence-electron chi connectivity index (χ3n) is 3.11. The molecule has 1 saturated heterocycles. The van der Waals surface area contributed by atoms with Gasteiger partial charge in [0, 0.05) is 24.5 Å². The molecule has 2 heterocycles. The van der Waals surface area contributed by atoms with Crippen LogP contribution in [0.4, 0.5) is 5.95 Å². The first kappa shape index (κ1) is 11.3. The minimum atomic E-state index is 0.717. The van der Waals surface area contributed by atoms with Crippen molar-refractivity contribution in [3.05, 3.63) is 17.5 Å². The molecule has 4 heteroatoms. The average molecular weight is 220 g/mol. The fraction of sp³-hybridized carbons (Fsp3) is 0.667. The van der Waals surface area contributed by atoms with E-state index < -0.39 is 0 Å². The maximum absolute atomic E-state index is 5.59. The molecule has 1 fully saturated rings. The zero-order chi connectivity index (χ0) is 11.5. The SMILES string of the molecule is Cc1cc(C)nc(N2CCC(CCN)C2)n1. The third-order valence-corrected chi connectivity index (χ3v) is 3.11. The maximum atomic E-state index is 5.59. The smallest absolute Gasteiger partial charge is 0.225 e. The molecule has 16 heavy (non-hydrogen) atoms. The second-order valence-corrected chi connectivity index (χ2v) is 4.63. The summed E-state index contributed by atoms with van der Waals surface area (Å²) >= 11 is 0. The Kier molecular flexibility index (Phi) is 3.39. The zero-order valence-electron chi connectivity index (χ0n) is 10.1. The molecule has 2 rings (SSSR count). The van der Waals surface area contributed by atoms with Crippen LogP contribution in [0.15, 0.2) is 6.07 Å². The molecule has 0 aromatic carbocycles. The van der Waals surface area contributed by atoms with E-state index in [4.69, 9.17) is 5.73 Å². The van der Waals surface area contributed by atoms with Crippen LogP contribution in [0.25, 0.3) is 0 Å². The minimum absolute atomic E-state index is 0.717. The van der Waals surface area contributed by atoms with Crippen LogP contribution < -0.4 is 10.6 Å². The Hall–Kier alpha value is -1.16. The second kappa shape index (κ2) is 4.78. The molecule has 2 N–H and O–H groups in total. The Morgan fingerprint density at radius 1 is 1.38 bits per heavy atom. The van der Waals surface area contributed by atoms with Gasteiger partial charge >= 0.3 is 0 Å². The summed E-state index contributed by atoms with van der Waals surface area (Å²) in [7, 11) is 0. The van der Waals surface area contributed by atoms with E-state index in [1.165, 1.54) is 6.42 Å². The van der Waals surface area contributed by atoms with Crippen molar-refractivity contribution in [3.63, 3.8) is 0 Å². The molecule has 0 bridgehead atoms. The molecule has 88 valence electrons. The fourth-order valence-corrected chi connectivity index (χ4v) is 2.33. The quantitative estimate of drug-likeness (QED) is 0.833. The van der Waals surface area contributed by atoms with Crippen molar-refractivity contribution in [2.45, 2.75) is 26.7 Å². The Bertz CT molecular complexity index is 344. The van der Waals surface area contributed by atoms with Crippen LogP contribution in [-0.2, 0) is 0 Å². The van der Waals surface area contributed by atoms with Crippen LogP contribution in [-0.4, -0.2) is 29.6 Å². The summed E-state index contributed by atoms with van der Waals surface area (Å²) in [4.78, 5) is 11.3. The monoisotopic (exact) mass is 220 g/mol. The largest absolute Gasteiger partial charge is 0.341 e. The van der Waals surface area contributed by atoms with E-state index >= 15 is 0 Å². The van der Waals surface area contributed by atoms with E-state index in [0.717, 1.165) is 49.3 Å². The first-order valence-corrected chi connectivity index (χ1v) is 5.96. The number of anilines is 1. The molecule has 0 radical (unpaired) electrons. The molecule has 1 atom stereocenters. The molecule has 0 spiro atoms. The molecule has 0 amide bonds. The Labute approximate surface area is 96.9 Å². The molecule has 1 aliphatic heterocycles. The maximum Gasteiger partial charge on any atom is 0.225 e. The highest BCUT2D eigenvalue weighted by atomic mass is 15.3. The van der Waals surface area contributed by atoms with Gasteiger partial charge in [0.25, 0.3) is 0 Å². The fourth-order valence-electron chi connectivity index (χ4n) is 2.33. The predicted molar refractivity (Wildman–Crippen MR) is 65.5 cm³/mol. The van der Waals surface area contributed by atoms with Gasteiger partial charge in [0.2, 0.25) is 5.95 Å². The summed E-state index contributed by atoms with van der Waals surface area (Å²) in [5, 5.41) is 0. The van der Waals surface area contributed by atoms with Crippen LogP contribution in [0, 0.1) is 19.8 Å². The van der Waals surface area contributed by atoms with Gasteiger partial charge in [-0.1, -0.05) is 0 Å². The summed E-state index contributed by atoms with van der Waals surface area (Å²) < 4.78 is 0. The Morgan fingerprint density at radius 2 is 2.06 bits per heavy atom. The Balaban J connectivity index is 2.08. The van der Waals surface area contributed by atoms with Gasteiger partial charge in [-0.15, -0.1) is 0 Å². The van der Waals surface area contributed by atoms with Crippen molar-refractivity contribution in [2.75, 3.05) is 24.5 Å². The summed E-state index contributed by atoms with van der Waals surface area (Å²) in [6.07, 6.45) is 2.33. The lowest BCUT2D eigenvalue weighted by atomic mass is 10.1. The van der Waals surface area contributed by atoms with Crippen molar-refractivity contribution in [2.24, 2.45) is 11.7 Å². The highest BCUT2D eigenvalue weighted by Crippen LogP contribution is 2.22. The lowest BCUT2D eigenvalue weighted by Crippen LogP contribution is -2.23. The number of nitrogens with zero attached hydrogens (tertiary/aromatic N) is 3. The van der Waals surface area contributed by atoms with Crippen molar-refractivity contribution >= 4 is 5.95 Å². The lowest BCUT2D eigenvalue weighted by molar-refractivity contribution is 0.545. The van der Waals surface area contributed by atoms with E-state index in [1.54, 1.807) is 0 Å². The van der Waals surface area contributed by atoms with Crippen LogP contribution in [0.5, 0.6) is 0 Å². The van der Waals surface area contributed by atoms with Gasteiger partial charge in [0.15, 0.2) is 0 Å². The van der Waals surface area contributed by atoms with Gasteiger partial charge in [-0.3, -0.25) is 0 Å². The van der Waals surface area contributed by atoms with Crippen LogP contribution in [0.2, 0.25) is 0 Å². The van der Waals surface area contributed by atoms with E-state index in [2.05, 4.69) is 14.9 Å². The third kappa shape index (κ3) is 2.50. The lowest BCUT2D eigenvalue weighted by Gasteiger charge is -2.17. The molecule has 0 saturated carbocycles. The zero-order valence-corrected chi connectivity index (χ0v) is 10.1. The molecule has 0 aliphatic carbocycles. The van der Waals surface area contributed by atoms with Gasteiger partial charge in [0.1, 0.15) is 0 Å². The van der Waals surface area contributed by atoms with Gasteiger partial charge in [-0.25, -0.2) is 9.97 Å². The van der Waals surface area contributed by atoms with Crippen molar-refractivity contribution in [1.82, 2.24) is 9.97 Å². The van der Waals surface area contributed by atoms with E-state index in [1.807, 2.05) is 19.9 Å². The van der Waals surface area contributed by atoms with Crippen molar-refractivity contribution < 1.29 is 0 Å². The highest BCUT2D eigenvalue weighted by molar-refractivity contribution is 5.33. The summed E-state index contributed by atoms with van der Waals surface area (Å²) in [6.45, 7) is 6.94. The number of hydrogen-bond donors (Lipinski definition) is 1. The van der Waals surface area contributed by atoms with Gasteiger partial charge in [-0.2, -0.15) is 0 Å². The first-order valence-electron chi connectivity index (χ1n) is 5.96. The van der Waals surface area contributed by atoms with Crippen LogP contribution in [0.1, 0.15) is 24.2 Å². The standard InChI is InChI=1S/C12H20N4/c1-9-7-10(2)15-12(14-9)16-6-4-11(8-16)3-5-13/h7,11H,3-6,8,13H2,1-2H3. The number of hydrogen-bond acceptors (Lipinski definition) is 4. The molecule has 4 nitrogen and oxygen atoms in total. The van der Waals surface area contributed by atoms with Crippen molar-refractivity contribution in [1.29, 1.82) is 0 Å². The van der Waals surface area contributed by atoms with Crippen molar-refractivity contribution in [3.8, 4) is 0 Å². The molecule has 1 aromatic heterocycles. The molecule has 1 unspecified atom stereocenters. The number of aromatic nitrogens is 2.